The number of nitrogens with zero attached hydrogens (tertiary/aromatic N) is 1. The van der Waals surface area contributed by atoms with Gasteiger partial charge in [0.1, 0.15) is 0 Å². The normalized spacial score (nSPS) is 14.9. The van der Waals surface area contributed by atoms with Crippen LogP contribution < -0.4 is 10.6 Å². The fourth-order valence-corrected chi connectivity index (χ4v) is 3.58. The minimum absolute atomic E-state index is 0.137. The molecule has 0 spiro atoms. The summed E-state index contributed by atoms with van der Waals surface area (Å²) in [6.07, 6.45) is 2.74. The van der Waals surface area contributed by atoms with Crippen LogP contribution in [0.5, 0.6) is 0 Å². The molecule has 1 saturated heterocycles. The molecule has 1 unspecified atom stereocenters. The van der Waals surface area contributed by atoms with Crippen LogP contribution in [0, 0.1) is 0 Å². The first-order valence-corrected chi connectivity index (χ1v) is 10.00. The maximum Gasteiger partial charge on any atom is 0.226 e. The number of likely N-dealkylation sites (tertiary alicyclic amines) is 1. The number of nitrogens with one attached hydrogen (secondary N) is 2. The van der Waals surface area contributed by atoms with Crippen LogP contribution in [0.2, 0.25) is 0 Å². The summed E-state index contributed by atoms with van der Waals surface area (Å²) in [6, 6.07) is 16.6. The van der Waals surface area contributed by atoms with E-state index in [9.17, 15) is 14.4 Å². The van der Waals surface area contributed by atoms with Gasteiger partial charge in [0.05, 0.1) is 12.5 Å². The maximum atomic E-state index is 12.6. The Morgan fingerprint density at radius 1 is 1.07 bits per heavy atom. The van der Waals surface area contributed by atoms with E-state index in [0.29, 0.717) is 18.7 Å². The van der Waals surface area contributed by atoms with Crippen molar-refractivity contribution in [3.8, 4) is 0 Å². The molecule has 152 valence electrons. The van der Waals surface area contributed by atoms with Crippen molar-refractivity contribution in [1.82, 2.24) is 10.2 Å². The SMILES string of the molecule is CC(=O)NC(CC(=O)Nc1cccc(CN2CCCCC2=O)c1)c1ccccc1. The lowest BCUT2D eigenvalue weighted by atomic mass is 10.0. The van der Waals surface area contributed by atoms with Crippen molar-refractivity contribution in [3.63, 3.8) is 0 Å². The molecule has 6 heteroatoms. The summed E-state index contributed by atoms with van der Waals surface area (Å²) in [4.78, 5) is 38.1. The Morgan fingerprint density at radius 2 is 1.86 bits per heavy atom. The second-order valence-corrected chi connectivity index (χ2v) is 7.39. The van der Waals surface area contributed by atoms with Gasteiger partial charge in [-0.25, -0.2) is 0 Å². The van der Waals surface area contributed by atoms with Crippen molar-refractivity contribution in [2.24, 2.45) is 0 Å². The number of carbonyl (C=O) groups is 3. The van der Waals surface area contributed by atoms with E-state index < -0.39 is 0 Å². The molecule has 0 bridgehead atoms. The zero-order valence-corrected chi connectivity index (χ0v) is 16.7. The third-order valence-corrected chi connectivity index (χ3v) is 4.97. The van der Waals surface area contributed by atoms with Crippen molar-refractivity contribution in [2.75, 3.05) is 11.9 Å². The lowest BCUT2D eigenvalue weighted by molar-refractivity contribution is -0.133. The Hall–Kier alpha value is -3.15. The van der Waals surface area contributed by atoms with Crippen molar-refractivity contribution in [1.29, 1.82) is 0 Å². The molecule has 6 nitrogen and oxygen atoms in total. The molecule has 0 saturated carbocycles. The summed E-state index contributed by atoms with van der Waals surface area (Å²) in [7, 11) is 0. The van der Waals surface area contributed by atoms with Crippen LogP contribution in [-0.2, 0) is 20.9 Å². The first kappa shape index (κ1) is 20.6. The fraction of sp³-hybridized carbons (Fsp3) is 0.348. The Labute approximate surface area is 171 Å². The number of amides is 3. The molecule has 29 heavy (non-hydrogen) atoms. The van der Waals surface area contributed by atoms with E-state index >= 15 is 0 Å². The molecule has 1 aliphatic rings. The molecule has 2 aromatic rings. The van der Waals surface area contributed by atoms with Gasteiger partial charge in [-0.3, -0.25) is 14.4 Å². The molecule has 2 aromatic carbocycles. The van der Waals surface area contributed by atoms with Crippen LogP contribution in [0.25, 0.3) is 0 Å². The minimum Gasteiger partial charge on any atom is -0.349 e. The Morgan fingerprint density at radius 3 is 2.59 bits per heavy atom. The number of rotatable bonds is 7. The van der Waals surface area contributed by atoms with Gasteiger partial charge in [-0.15, -0.1) is 0 Å². The quantitative estimate of drug-likeness (QED) is 0.757. The van der Waals surface area contributed by atoms with Gasteiger partial charge >= 0.3 is 0 Å². The smallest absolute Gasteiger partial charge is 0.226 e. The number of anilines is 1. The van der Waals surface area contributed by atoms with E-state index in [2.05, 4.69) is 10.6 Å². The van der Waals surface area contributed by atoms with Crippen molar-refractivity contribution in [2.45, 2.75) is 45.2 Å². The third-order valence-electron chi connectivity index (χ3n) is 4.97. The molecule has 2 N–H and O–H groups in total. The highest BCUT2D eigenvalue weighted by Crippen LogP contribution is 2.20. The maximum absolute atomic E-state index is 12.6. The van der Waals surface area contributed by atoms with Gasteiger partial charge in [-0.05, 0) is 36.1 Å². The molecule has 0 aromatic heterocycles. The van der Waals surface area contributed by atoms with Gasteiger partial charge in [0.2, 0.25) is 17.7 Å². The summed E-state index contributed by atoms with van der Waals surface area (Å²) in [5, 5.41) is 5.75. The molecule has 0 aliphatic carbocycles. The highest BCUT2D eigenvalue weighted by molar-refractivity contribution is 5.91. The molecule has 1 atom stereocenters. The molecular weight excluding hydrogens is 366 g/mol. The largest absolute Gasteiger partial charge is 0.349 e. The molecular formula is C23H27N3O3. The fourth-order valence-electron chi connectivity index (χ4n) is 3.58. The number of carbonyl (C=O) groups excluding carboxylic acids is 3. The van der Waals surface area contributed by atoms with Crippen LogP contribution in [0.15, 0.2) is 54.6 Å². The molecule has 0 radical (unpaired) electrons. The van der Waals surface area contributed by atoms with Crippen LogP contribution in [-0.4, -0.2) is 29.2 Å². The average molecular weight is 393 g/mol. The lowest BCUT2D eigenvalue weighted by Gasteiger charge is -2.27. The number of hydrogen-bond donors (Lipinski definition) is 2. The molecule has 1 aliphatic heterocycles. The summed E-state index contributed by atoms with van der Waals surface area (Å²) in [5.41, 5.74) is 2.56. The number of hydrogen-bond acceptors (Lipinski definition) is 3. The lowest BCUT2D eigenvalue weighted by Crippen LogP contribution is -2.34. The predicted octanol–water partition coefficient (Wildman–Crippen LogP) is 3.41. The van der Waals surface area contributed by atoms with Crippen molar-refractivity contribution >= 4 is 23.4 Å². The molecule has 3 rings (SSSR count). The van der Waals surface area contributed by atoms with E-state index in [1.54, 1.807) is 0 Å². The zero-order valence-electron chi connectivity index (χ0n) is 16.7. The van der Waals surface area contributed by atoms with Gasteiger partial charge in [-0.1, -0.05) is 42.5 Å². The number of benzene rings is 2. The second-order valence-electron chi connectivity index (χ2n) is 7.39. The predicted molar refractivity (Wildman–Crippen MR) is 112 cm³/mol. The number of piperidine rings is 1. The van der Waals surface area contributed by atoms with Crippen LogP contribution in [0.3, 0.4) is 0 Å². The van der Waals surface area contributed by atoms with Gasteiger partial charge < -0.3 is 15.5 Å². The van der Waals surface area contributed by atoms with Gasteiger partial charge in [0, 0.05) is 32.1 Å². The highest BCUT2D eigenvalue weighted by atomic mass is 16.2. The van der Waals surface area contributed by atoms with E-state index in [1.165, 1.54) is 6.92 Å². The second kappa shape index (κ2) is 9.87. The summed E-state index contributed by atoms with van der Waals surface area (Å²) in [5.74, 6) is -0.176. The summed E-state index contributed by atoms with van der Waals surface area (Å²) < 4.78 is 0. The molecule has 3 amide bonds. The molecule has 1 heterocycles. The van der Waals surface area contributed by atoms with Crippen LogP contribution >= 0.6 is 0 Å². The Kier molecular flexibility index (Phi) is 7.00. The zero-order chi connectivity index (χ0) is 20.6. The minimum atomic E-state index is -0.386. The van der Waals surface area contributed by atoms with E-state index in [0.717, 1.165) is 30.5 Å². The van der Waals surface area contributed by atoms with Crippen LogP contribution in [0.1, 0.15) is 49.8 Å². The Bertz CT molecular complexity index is 867. The van der Waals surface area contributed by atoms with E-state index in [4.69, 9.17) is 0 Å². The highest BCUT2D eigenvalue weighted by Gasteiger charge is 2.19. The van der Waals surface area contributed by atoms with Gasteiger partial charge in [-0.2, -0.15) is 0 Å². The van der Waals surface area contributed by atoms with Gasteiger partial charge in [0.25, 0.3) is 0 Å². The Balaban J connectivity index is 1.63. The van der Waals surface area contributed by atoms with E-state index in [-0.39, 0.29) is 30.2 Å². The third kappa shape index (κ3) is 6.17. The van der Waals surface area contributed by atoms with Crippen molar-refractivity contribution < 1.29 is 14.4 Å². The monoisotopic (exact) mass is 393 g/mol. The van der Waals surface area contributed by atoms with Gasteiger partial charge in [0.15, 0.2) is 0 Å². The standard InChI is InChI=1S/C23H27N3O3/c1-17(27)24-21(19-9-3-2-4-10-19)15-22(28)25-20-11-7-8-18(14-20)16-26-13-6-5-12-23(26)29/h2-4,7-11,14,21H,5-6,12-13,15-16H2,1H3,(H,24,27)(H,25,28). The molecule has 1 fully saturated rings. The average Bonchev–Trinajstić information content (AvgIpc) is 2.70. The first-order valence-electron chi connectivity index (χ1n) is 10.00. The van der Waals surface area contributed by atoms with Crippen molar-refractivity contribution in [3.05, 3.63) is 65.7 Å². The summed E-state index contributed by atoms with van der Waals surface area (Å²) in [6.45, 7) is 2.78. The van der Waals surface area contributed by atoms with Crippen LogP contribution in [0.4, 0.5) is 5.69 Å². The summed E-state index contributed by atoms with van der Waals surface area (Å²) >= 11 is 0. The first-order chi connectivity index (χ1) is 14.0. The topological polar surface area (TPSA) is 78.5 Å². The van der Waals surface area contributed by atoms with E-state index in [1.807, 2.05) is 59.5 Å².